The Morgan fingerprint density at radius 1 is 1.12 bits per heavy atom. The largest absolute Gasteiger partial charge is 0.458 e. The van der Waals surface area contributed by atoms with E-state index in [0.29, 0.717) is 30.4 Å². The van der Waals surface area contributed by atoms with Crippen LogP contribution in [0.15, 0.2) is 11.6 Å². The molecule has 0 unspecified atom stereocenters. The van der Waals surface area contributed by atoms with Crippen molar-refractivity contribution in [1.29, 1.82) is 0 Å². The predicted octanol–water partition coefficient (Wildman–Crippen LogP) is 4.31. The second kappa shape index (κ2) is 8.36. The van der Waals surface area contributed by atoms with Gasteiger partial charge >= 0.3 is 5.97 Å². The first kappa shape index (κ1) is 22.8. The van der Waals surface area contributed by atoms with Crippen molar-refractivity contribution >= 4 is 17.7 Å². The van der Waals surface area contributed by atoms with Crippen molar-refractivity contribution in [1.82, 2.24) is 0 Å². The van der Waals surface area contributed by atoms with Crippen LogP contribution in [-0.4, -0.2) is 40.8 Å². The van der Waals surface area contributed by atoms with E-state index in [-0.39, 0.29) is 17.3 Å². The van der Waals surface area contributed by atoms with Crippen molar-refractivity contribution in [2.45, 2.75) is 82.5 Å². The van der Waals surface area contributed by atoms with E-state index in [9.17, 15) is 9.90 Å². The van der Waals surface area contributed by atoms with Crippen molar-refractivity contribution in [3.63, 3.8) is 0 Å². The van der Waals surface area contributed by atoms with Gasteiger partial charge in [-0.2, -0.15) is 0 Å². The fourth-order valence-corrected chi connectivity index (χ4v) is 9.88. The normalized spacial score (nSPS) is 47.4. The zero-order valence-electron chi connectivity index (χ0n) is 19.7. The summed E-state index contributed by atoms with van der Waals surface area (Å²) in [5.74, 6) is 8.95. The Hall–Kier alpha value is -0.960. The first-order valence-electron chi connectivity index (χ1n) is 12.7. The molecule has 1 aliphatic heterocycles. The predicted molar refractivity (Wildman–Crippen MR) is 129 cm³/mol. The maximum absolute atomic E-state index is 12.3. The van der Waals surface area contributed by atoms with Crippen LogP contribution in [-0.2, 0) is 9.53 Å². The lowest BCUT2D eigenvalue weighted by atomic mass is 9.43. The monoisotopic (exact) mass is 457 g/mol. The van der Waals surface area contributed by atoms with Gasteiger partial charge in [0.2, 0.25) is 0 Å². The van der Waals surface area contributed by atoms with E-state index < -0.39 is 5.60 Å². The number of carbonyl (C=O) groups excluding carboxylic acids is 1. The summed E-state index contributed by atoms with van der Waals surface area (Å²) in [4.78, 5) is 11.7. The molecular formula is C27H39NO3S. The molecule has 0 bridgehead atoms. The lowest BCUT2D eigenvalue weighted by Gasteiger charge is -2.63. The van der Waals surface area contributed by atoms with Crippen LogP contribution < -0.4 is 5.73 Å². The molecule has 0 aromatic carbocycles. The van der Waals surface area contributed by atoms with Crippen LogP contribution in [0.2, 0.25) is 0 Å². The SMILES string of the molecule is C[C@]12CC[C@H](SCC#CCN)C[C@H]1CC[C@@H]1[C@@H]2CC[C@]2(C)[C@@H](C3=CC(=O)OC3)CC[C@]12O. The number of rotatable bonds is 3. The lowest BCUT2D eigenvalue weighted by Crippen LogP contribution is -2.62. The summed E-state index contributed by atoms with van der Waals surface area (Å²) in [6.07, 6.45) is 12.1. The number of fused-ring (bicyclic) bond motifs is 5. The summed E-state index contributed by atoms with van der Waals surface area (Å²) in [6, 6.07) is 0. The molecule has 0 radical (unpaired) electrons. The highest BCUT2D eigenvalue weighted by atomic mass is 32.2. The number of carbonyl (C=O) groups is 1. The van der Waals surface area contributed by atoms with Crippen molar-refractivity contribution in [2.24, 2.45) is 40.2 Å². The van der Waals surface area contributed by atoms with E-state index in [2.05, 4.69) is 25.7 Å². The molecule has 5 rings (SSSR count). The van der Waals surface area contributed by atoms with Crippen LogP contribution in [0, 0.1) is 46.3 Å². The Morgan fingerprint density at radius 2 is 1.97 bits per heavy atom. The Labute approximate surface area is 197 Å². The molecule has 0 aromatic rings. The van der Waals surface area contributed by atoms with Gasteiger partial charge in [0.1, 0.15) is 6.61 Å². The average Bonchev–Trinajstić information content (AvgIpc) is 3.31. The fraction of sp³-hybridized carbons (Fsp3) is 0.815. The van der Waals surface area contributed by atoms with E-state index in [1.165, 1.54) is 32.1 Å². The third kappa shape index (κ3) is 3.39. The third-order valence-electron chi connectivity index (χ3n) is 10.6. The second-order valence-corrected chi connectivity index (χ2v) is 12.8. The Kier molecular flexibility index (Phi) is 5.96. The molecule has 0 amide bonds. The Morgan fingerprint density at radius 3 is 2.72 bits per heavy atom. The van der Waals surface area contributed by atoms with Crippen molar-refractivity contribution in [3.05, 3.63) is 11.6 Å². The number of thioether (sulfide) groups is 1. The van der Waals surface area contributed by atoms with Crippen molar-refractivity contribution < 1.29 is 14.6 Å². The minimum Gasteiger partial charge on any atom is -0.458 e. The summed E-state index contributed by atoms with van der Waals surface area (Å²) in [6.45, 7) is 5.75. The number of nitrogens with two attached hydrogens (primary N) is 1. The van der Waals surface area contributed by atoms with Crippen LogP contribution in [0.25, 0.3) is 0 Å². The van der Waals surface area contributed by atoms with E-state index in [1.807, 2.05) is 11.8 Å². The summed E-state index contributed by atoms with van der Waals surface area (Å²) in [7, 11) is 0. The van der Waals surface area contributed by atoms with Crippen LogP contribution in [0.3, 0.4) is 0 Å². The molecule has 8 atom stereocenters. The summed E-state index contributed by atoms with van der Waals surface area (Å²) in [5.41, 5.74) is 6.23. The first-order valence-corrected chi connectivity index (χ1v) is 13.7. The quantitative estimate of drug-likeness (QED) is 0.488. The molecule has 0 spiro atoms. The molecule has 176 valence electrons. The van der Waals surface area contributed by atoms with E-state index >= 15 is 0 Å². The maximum Gasteiger partial charge on any atom is 0.331 e. The Balaban J connectivity index is 1.33. The molecule has 4 saturated carbocycles. The van der Waals surface area contributed by atoms with Gasteiger partial charge < -0.3 is 15.6 Å². The smallest absolute Gasteiger partial charge is 0.331 e. The summed E-state index contributed by atoms with van der Waals surface area (Å²) >= 11 is 2.03. The highest BCUT2D eigenvalue weighted by Crippen LogP contribution is 2.70. The molecule has 5 heteroatoms. The zero-order valence-corrected chi connectivity index (χ0v) is 20.5. The van der Waals surface area contributed by atoms with Crippen molar-refractivity contribution in [2.75, 3.05) is 18.9 Å². The number of aliphatic hydroxyl groups is 1. The topological polar surface area (TPSA) is 72.6 Å². The fourth-order valence-electron chi connectivity index (χ4n) is 8.80. The van der Waals surface area contributed by atoms with E-state index in [0.717, 1.165) is 48.2 Å². The van der Waals surface area contributed by atoms with Crippen LogP contribution in [0.4, 0.5) is 0 Å². The van der Waals surface area contributed by atoms with Crippen LogP contribution in [0.5, 0.6) is 0 Å². The number of hydrogen-bond acceptors (Lipinski definition) is 5. The van der Waals surface area contributed by atoms with Crippen LogP contribution in [0.1, 0.15) is 71.6 Å². The number of ether oxygens (including phenoxy) is 1. The molecule has 4 aliphatic carbocycles. The van der Waals surface area contributed by atoms with Gasteiger partial charge in [0, 0.05) is 16.7 Å². The number of hydrogen-bond donors (Lipinski definition) is 2. The van der Waals surface area contributed by atoms with Crippen molar-refractivity contribution in [3.8, 4) is 11.8 Å². The molecule has 32 heavy (non-hydrogen) atoms. The molecular weight excluding hydrogens is 418 g/mol. The molecule has 4 fully saturated rings. The highest BCUT2D eigenvalue weighted by Gasteiger charge is 2.67. The summed E-state index contributed by atoms with van der Waals surface area (Å²) in [5, 5.41) is 13.0. The Bertz CT molecular complexity index is 861. The minimum atomic E-state index is -0.607. The molecule has 4 nitrogen and oxygen atoms in total. The van der Waals surface area contributed by atoms with Gasteiger partial charge in [-0.15, -0.1) is 11.8 Å². The second-order valence-electron chi connectivity index (χ2n) is 11.6. The third-order valence-corrected chi connectivity index (χ3v) is 11.8. The first-order chi connectivity index (χ1) is 15.3. The molecule has 0 saturated heterocycles. The van der Waals surface area contributed by atoms with E-state index in [4.69, 9.17) is 10.5 Å². The highest BCUT2D eigenvalue weighted by molar-refractivity contribution is 8.00. The molecule has 1 heterocycles. The van der Waals surface area contributed by atoms with Gasteiger partial charge in [-0.1, -0.05) is 25.7 Å². The minimum absolute atomic E-state index is 0.133. The average molecular weight is 458 g/mol. The van der Waals surface area contributed by atoms with Gasteiger partial charge in [0.05, 0.1) is 17.9 Å². The molecule has 3 N–H and O–H groups in total. The van der Waals surface area contributed by atoms with Gasteiger partial charge in [-0.05, 0) is 92.4 Å². The van der Waals surface area contributed by atoms with Gasteiger partial charge in [0.15, 0.2) is 0 Å². The van der Waals surface area contributed by atoms with Gasteiger partial charge in [-0.3, -0.25) is 0 Å². The van der Waals surface area contributed by atoms with Gasteiger partial charge in [0.25, 0.3) is 0 Å². The maximum atomic E-state index is 12.3. The lowest BCUT2D eigenvalue weighted by molar-refractivity contribution is -0.203. The zero-order chi connectivity index (χ0) is 22.6. The van der Waals surface area contributed by atoms with Gasteiger partial charge in [-0.25, -0.2) is 4.79 Å². The molecule has 0 aromatic heterocycles. The standard InChI is InChI=1S/C27H39NO3S/c1-25-10-7-20(32-14-4-3-13-28)16-19(25)5-6-23-22(25)8-11-26(2)21(9-12-27(23,26)30)18-15-24(29)31-17-18/h15,19-23,30H,5-14,16-17,28H2,1-2H3/t19-,20+,21-,22+,23-,25+,26-,27+/m1/s1. The summed E-state index contributed by atoms with van der Waals surface area (Å²) < 4.78 is 5.25. The van der Waals surface area contributed by atoms with Crippen LogP contribution >= 0.6 is 11.8 Å². The number of esters is 1. The number of cyclic esters (lactones) is 1. The van der Waals surface area contributed by atoms with E-state index in [1.54, 1.807) is 6.08 Å². The molecule has 5 aliphatic rings.